The quantitative estimate of drug-likeness (QED) is 0.418. The maximum absolute atomic E-state index is 12.7. The summed E-state index contributed by atoms with van der Waals surface area (Å²) in [6.07, 6.45) is 0.794. The van der Waals surface area contributed by atoms with Crippen LogP contribution in [-0.4, -0.2) is 41.5 Å². The molecule has 0 fully saturated rings. The molecule has 0 spiro atoms. The Kier molecular flexibility index (Phi) is 8.41. The Balaban J connectivity index is 2.45. The van der Waals surface area contributed by atoms with Crippen LogP contribution in [0.4, 0.5) is 11.5 Å². The summed E-state index contributed by atoms with van der Waals surface area (Å²) < 4.78 is 6.40. The fraction of sp³-hybridized carbons (Fsp3) is 0.450. The van der Waals surface area contributed by atoms with Crippen molar-refractivity contribution in [2.75, 3.05) is 37.4 Å². The third-order valence-corrected chi connectivity index (χ3v) is 4.79. The molecule has 158 valence electrons. The summed E-state index contributed by atoms with van der Waals surface area (Å²) >= 11 is 5.51. The van der Waals surface area contributed by atoms with E-state index in [9.17, 15) is 9.59 Å². The van der Waals surface area contributed by atoms with E-state index in [1.54, 1.807) is 12.0 Å². The second-order valence-electron chi connectivity index (χ2n) is 7.12. The van der Waals surface area contributed by atoms with Gasteiger partial charge in [-0.25, -0.2) is 4.79 Å². The number of nitrogens with zero attached hydrogens (tertiary/aromatic N) is 2. The lowest BCUT2D eigenvalue weighted by Crippen LogP contribution is -2.46. The van der Waals surface area contributed by atoms with Gasteiger partial charge in [-0.2, -0.15) is 0 Å². The van der Waals surface area contributed by atoms with E-state index in [2.05, 4.69) is 24.1 Å². The lowest BCUT2D eigenvalue weighted by molar-refractivity contribution is 0.204. The van der Waals surface area contributed by atoms with Gasteiger partial charge in [0, 0.05) is 20.2 Å². The van der Waals surface area contributed by atoms with E-state index in [0.29, 0.717) is 30.7 Å². The van der Waals surface area contributed by atoms with E-state index < -0.39 is 11.2 Å². The highest BCUT2D eigenvalue weighted by atomic mass is 32.1. The highest BCUT2D eigenvalue weighted by Crippen LogP contribution is 2.19. The number of nitrogens with one attached hydrogen (secondary N) is 2. The molecule has 0 amide bonds. The van der Waals surface area contributed by atoms with Crippen LogP contribution in [0.15, 0.2) is 39.9 Å². The largest absolute Gasteiger partial charge is 0.383 e. The van der Waals surface area contributed by atoms with Gasteiger partial charge in [0.1, 0.15) is 5.82 Å². The van der Waals surface area contributed by atoms with Crippen LogP contribution in [0.25, 0.3) is 0 Å². The van der Waals surface area contributed by atoms with Crippen LogP contribution in [-0.2, 0) is 11.3 Å². The number of H-pyrrole nitrogens is 1. The topological polar surface area (TPSA) is 105 Å². The first kappa shape index (κ1) is 22.6. The SMILES string of the molecule is COCCNC(=S)N(CCC(C)C)c1c(N)n(Cc2ccccc2)c(=O)[nH]c1=O. The average Bonchev–Trinajstić information content (AvgIpc) is 2.68. The molecule has 1 aromatic heterocycles. The summed E-state index contributed by atoms with van der Waals surface area (Å²) in [4.78, 5) is 29.2. The molecule has 9 heteroatoms. The normalized spacial score (nSPS) is 10.9. The average molecular weight is 420 g/mol. The maximum Gasteiger partial charge on any atom is 0.330 e. The number of hydrogen-bond acceptors (Lipinski definition) is 5. The first-order valence-electron chi connectivity index (χ1n) is 9.56. The number of rotatable bonds is 9. The molecule has 1 aromatic carbocycles. The number of nitrogen functional groups attached to an aromatic ring is 1. The summed E-state index contributed by atoms with van der Waals surface area (Å²) in [7, 11) is 1.60. The monoisotopic (exact) mass is 419 g/mol. The molecular formula is C20H29N5O3S. The van der Waals surface area contributed by atoms with Crippen molar-refractivity contribution in [1.82, 2.24) is 14.9 Å². The van der Waals surface area contributed by atoms with Gasteiger partial charge >= 0.3 is 5.69 Å². The van der Waals surface area contributed by atoms with Crippen molar-refractivity contribution in [3.05, 3.63) is 56.7 Å². The van der Waals surface area contributed by atoms with E-state index in [-0.39, 0.29) is 18.1 Å². The van der Waals surface area contributed by atoms with Crippen LogP contribution in [0, 0.1) is 5.92 Å². The molecule has 0 bridgehead atoms. The van der Waals surface area contributed by atoms with Gasteiger partial charge in [0.2, 0.25) is 0 Å². The Labute approximate surface area is 175 Å². The van der Waals surface area contributed by atoms with E-state index in [1.807, 2.05) is 30.3 Å². The summed E-state index contributed by atoms with van der Waals surface area (Å²) in [6, 6.07) is 9.44. The Morgan fingerprint density at radius 3 is 2.62 bits per heavy atom. The molecule has 29 heavy (non-hydrogen) atoms. The number of methoxy groups -OCH3 is 1. The first-order chi connectivity index (χ1) is 13.8. The molecule has 2 aromatic rings. The van der Waals surface area contributed by atoms with Gasteiger partial charge in [-0.15, -0.1) is 0 Å². The standard InChI is InChI=1S/C20H29N5O3S/c1-14(2)9-11-24(20(29)22-10-12-28-3)16-17(21)25(19(27)23-18(16)26)13-15-7-5-4-6-8-15/h4-8,14H,9-13,21H2,1-3H3,(H,22,29)(H,23,26,27). The summed E-state index contributed by atoms with van der Waals surface area (Å²) in [6.45, 7) is 5.88. The smallest absolute Gasteiger partial charge is 0.330 e. The molecule has 0 radical (unpaired) electrons. The second-order valence-corrected chi connectivity index (χ2v) is 7.51. The number of thiocarbonyl (C=S) groups is 1. The third kappa shape index (κ3) is 6.16. The van der Waals surface area contributed by atoms with Crippen molar-refractivity contribution in [3.8, 4) is 0 Å². The third-order valence-electron chi connectivity index (χ3n) is 4.43. The van der Waals surface area contributed by atoms with Crippen LogP contribution >= 0.6 is 12.2 Å². The molecule has 0 aliphatic carbocycles. The lowest BCUT2D eigenvalue weighted by atomic mass is 10.1. The predicted octanol–water partition coefficient (Wildman–Crippen LogP) is 1.54. The Bertz CT molecular complexity index is 924. The highest BCUT2D eigenvalue weighted by Gasteiger charge is 2.22. The molecule has 2 rings (SSSR count). The highest BCUT2D eigenvalue weighted by molar-refractivity contribution is 7.80. The minimum Gasteiger partial charge on any atom is -0.383 e. The lowest BCUT2D eigenvalue weighted by Gasteiger charge is -2.27. The summed E-state index contributed by atoms with van der Waals surface area (Å²) in [5.41, 5.74) is 6.28. The first-order valence-corrected chi connectivity index (χ1v) is 9.96. The fourth-order valence-corrected chi connectivity index (χ4v) is 3.10. The Morgan fingerprint density at radius 2 is 2.00 bits per heavy atom. The van der Waals surface area contributed by atoms with Crippen molar-refractivity contribution in [3.63, 3.8) is 0 Å². The number of aromatic amines is 1. The van der Waals surface area contributed by atoms with Crippen molar-refractivity contribution < 1.29 is 4.74 Å². The van der Waals surface area contributed by atoms with Crippen LogP contribution < -0.4 is 27.2 Å². The number of benzene rings is 1. The second kappa shape index (κ2) is 10.8. The zero-order chi connectivity index (χ0) is 21.4. The molecular weight excluding hydrogens is 390 g/mol. The van der Waals surface area contributed by atoms with Gasteiger partial charge in [-0.3, -0.25) is 14.3 Å². The maximum atomic E-state index is 12.7. The molecule has 0 atom stereocenters. The molecule has 1 heterocycles. The van der Waals surface area contributed by atoms with Crippen molar-refractivity contribution in [2.45, 2.75) is 26.8 Å². The van der Waals surface area contributed by atoms with Crippen LogP contribution in [0.1, 0.15) is 25.8 Å². The van der Waals surface area contributed by atoms with E-state index in [1.165, 1.54) is 4.57 Å². The number of anilines is 2. The zero-order valence-electron chi connectivity index (χ0n) is 17.1. The Morgan fingerprint density at radius 1 is 1.31 bits per heavy atom. The zero-order valence-corrected chi connectivity index (χ0v) is 17.9. The van der Waals surface area contributed by atoms with Gasteiger partial charge < -0.3 is 20.7 Å². The molecule has 0 saturated carbocycles. The molecule has 0 aliphatic rings. The van der Waals surface area contributed by atoms with Gasteiger partial charge in [-0.05, 0) is 30.1 Å². The van der Waals surface area contributed by atoms with Crippen LogP contribution in [0.5, 0.6) is 0 Å². The van der Waals surface area contributed by atoms with Gasteiger partial charge in [0.15, 0.2) is 10.8 Å². The predicted molar refractivity (Wildman–Crippen MR) is 121 cm³/mol. The fourth-order valence-electron chi connectivity index (χ4n) is 2.82. The molecule has 0 saturated heterocycles. The van der Waals surface area contributed by atoms with Crippen molar-refractivity contribution in [1.29, 1.82) is 0 Å². The van der Waals surface area contributed by atoms with Crippen LogP contribution in [0.3, 0.4) is 0 Å². The number of ether oxygens (including phenoxy) is 1. The van der Waals surface area contributed by atoms with Gasteiger partial charge in [-0.1, -0.05) is 44.2 Å². The number of hydrogen-bond donors (Lipinski definition) is 3. The molecule has 0 unspecified atom stereocenters. The Hall–Kier alpha value is -2.65. The minimum atomic E-state index is -0.559. The van der Waals surface area contributed by atoms with E-state index in [0.717, 1.165) is 12.0 Å². The van der Waals surface area contributed by atoms with E-state index >= 15 is 0 Å². The number of nitrogens with two attached hydrogens (primary N) is 1. The molecule has 4 N–H and O–H groups in total. The van der Waals surface area contributed by atoms with Gasteiger partial charge in [0.25, 0.3) is 5.56 Å². The summed E-state index contributed by atoms with van der Waals surface area (Å²) in [5, 5.41) is 3.45. The van der Waals surface area contributed by atoms with Crippen molar-refractivity contribution >= 4 is 28.8 Å². The number of aromatic nitrogens is 2. The van der Waals surface area contributed by atoms with Crippen molar-refractivity contribution in [2.24, 2.45) is 5.92 Å². The molecule has 8 nitrogen and oxygen atoms in total. The van der Waals surface area contributed by atoms with E-state index in [4.69, 9.17) is 22.7 Å². The minimum absolute atomic E-state index is 0.0854. The van der Waals surface area contributed by atoms with Gasteiger partial charge in [0.05, 0.1) is 13.2 Å². The summed E-state index contributed by atoms with van der Waals surface area (Å²) in [5.74, 6) is 0.483. The van der Waals surface area contributed by atoms with Crippen LogP contribution in [0.2, 0.25) is 0 Å². The molecule has 0 aliphatic heterocycles.